The molecule has 19 heavy (non-hydrogen) atoms. The average Bonchev–Trinajstić information content (AvgIpc) is 2.39. The van der Waals surface area contributed by atoms with E-state index in [0.717, 1.165) is 18.9 Å². The van der Waals surface area contributed by atoms with Gasteiger partial charge in [-0.25, -0.2) is 12.8 Å². The Labute approximate surface area is 113 Å². The normalized spacial score (nSPS) is 18.5. The van der Waals surface area contributed by atoms with Gasteiger partial charge in [0, 0.05) is 13.1 Å². The molecule has 0 atom stereocenters. The molecule has 1 heterocycles. The van der Waals surface area contributed by atoms with E-state index in [2.05, 4.69) is 6.92 Å². The Hall–Kier alpha value is -1.14. The molecule has 0 N–H and O–H groups in total. The molecule has 1 aromatic rings. The van der Waals surface area contributed by atoms with E-state index in [1.807, 2.05) is 0 Å². The second-order valence-corrected chi connectivity index (χ2v) is 6.79. The van der Waals surface area contributed by atoms with Gasteiger partial charge >= 0.3 is 0 Å². The van der Waals surface area contributed by atoms with Crippen molar-refractivity contribution < 1.29 is 17.5 Å². The fraction of sp³-hybridized carbons (Fsp3) is 0.538. The van der Waals surface area contributed by atoms with E-state index in [4.69, 9.17) is 4.74 Å². The first-order chi connectivity index (χ1) is 8.95. The molecule has 1 aromatic carbocycles. The molecule has 0 spiro atoms. The summed E-state index contributed by atoms with van der Waals surface area (Å²) in [6.45, 7) is 3.05. The number of hydrogen-bond acceptors (Lipinski definition) is 3. The number of rotatable bonds is 3. The number of benzene rings is 1. The minimum Gasteiger partial charge on any atom is -0.495 e. The van der Waals surface area contributed by atoms with E-state index in [1.54, 1.807) is 0 Å². The fourth-order valence-electron chi connectivity index (χ4n) is 2.22. The monoisotopic (exact) mass is 287 g/mol. The van der Waals surface area contributed by atoms with Gasteiger partial charge in [0.1, 0.15) is 16.5 Å². The van der Waals surface area contributed by atoms with Crippen LogP contribution in [-0.4, -0.2) is 32.9 Å². The van der Waals surface area contributed by atoms with Gasteiger partial charge in [0.2, 0.25) is 10.0 Å². The standard InChI is InChI=1S/C13H18FNO3S/c1-10-5-7-15(8-6-10)19(16,17)13-9-11(14)3-4-12(13)18-2/h3-4,9-10H,5-8H2,1-2H3. The molecule has 0 saturated carbocycles. The van der Waals surface area contributed by atoms with Crippen LogP contribution in [0.3, 0.4) is 0 Å². The summed E-state index contributed by atoms with van der Waals surface area (Å²) in [5, 5.41) is 0. The molecule has 1 aliphatic heterocycles. The van der Waals surface area contributed by atoms with Crippen LogP contribution in [0, 0.1) is 11.7 Å². The van der Waals surface area contributed by atoms with Crippen LogP contribution in [0.5, 0.6) is 5.75 Å². The molecule has 4 nitrogen and oxygen atoms in total. The summed E-state index contributed by atoms with van der Waals surface area (Å²) in [5.74, 6) is 0.130. The van der Waals surface area contributed by atoms with Crippen LogP contribution >= 0.6 is 0 Å². The van der Waals surface area contributed by atoms with E-state index in [1.165, 1.54) is 23.5 Å². The molecule has 0 unspecified atom stereocenters. The number of sulfonamides is 1. The minimum absolute atomic E-state index is 0.0930. The molecule has 6 heteroatoms. The first-order valence-corrected chi connectivity index (χ1v) is 7.73. The molecule has 106 valence electrons. The molecule has 1 fully saturated rings. The smallest absolute Gasteiger partial charge is 0.246 e. The number of hydrogen-bond donors (Lipinski definition) is 0. The van der Waals surface area contributed by atoms with Crippen LogP contribution in [0.1, 0.15) is 19.8 Å². The summed E-state index contributed by atoms with van der Waals surface area (Å²) in [7, 11) is -2.30. The number of methoxy groups -OCH3 is 1. The highest BCUT2D eigenvalue weighted by molar-refractivity contribution is 7.89. The quantitative estimate of drug-likeness (QED) is 0.856. The van der Waals surface area contributed by atoms with E-state index in [-0.39, 0.29) is 10.6 Å². The van der Waals surface area contributed by atoms with Crippen LogP contribution in [0.4, 0.5) is 4.39 Å². The third-order valence-electron chi connectivity index (χ3n) is 3.49. The Kier molecular flexibility index (Phi) is 4.10. The van der Waals surface area contributed by atoms with Gasteiger partial charge < -0.3 is 4.74 Å². The zero-order valence-electron chi connectivity index (χ0n) is 11.1. The van der Waals surface area contributed by atoms with Crippen molar-refractivity contribution in [2.75, 3.05) is 20.2 Å². The number of piperidine rings is 1. The minimum atomic E-state index is -3.68. The Morgan fingerprint density at radius 1 is 1.32 bits per heavy atom. The summed E-state index contributed by atoms with van der Waals surface area (Å²) in [5.41, 5.74) is 0. The molecule has 0 aromatic heterocycles. The maximum atomic E-state index is 13.3. The molecule has 1 saturated heterocycles. The summed E-state index contributed by atoms with van der Waals surface area (Å²) in [4.78, 5) is -0.0930. The SMILES string of the molecule is COc1ccc(F)cc1S(=O)(=O)N1CCC(C)CC1. The Bertz CT molecular complexity index is 551. The number of halogens is 1. The first kappa shape index (κ1) is 14.3. The van der Waals surface area contributed by atoms with Crippen molar-refractivity contribution in [2.24, 2.45) is 5.92 Å². The zero-order chi connectivity index (χ0) is 14.0. The molecular weight excluding hydrogens is 269 g/mol. The maximum absolute atomic E-state index is 13.3. The average molecular weight is 287 g/mol. The second kappa shape index (κ2) is 5.46. The van der Waals surface area contributed by atoms with Gasteiger partial charge in [-0.05, 0) is 37.0 Å². The predicted octanol–water partition coefficient (Wildman–Crippen LogP) is 2.25. The van der Waals surface area contributed by atoms with Gasteiger partial charge in [-0.1, -0.05) is 6.92 Å². The lowest BCUT2D eigenvalue weighted by atomic mass is 10.0. The zero-order valence-corrected chi connectivity index (χ0v) is 11.9. The van der Waals surface area contributed by atoms with Gasteiger partial charge in [-0.3, -0.25) is 0 Å². The summed E-state index contributed by atoms with van der Waals surface area (Å²) in [6, 6.07) is 3.55. The summed E-state index contributed by atoms with van der Waals surface area (Å²) >= 11 is 0. The van der Waals surface area contributed by atoms with Gasteiger partial charge in [-0.2, -0.15) is 4.31 Å². The third-order valence-corrected chi connectivity index (χ3v) is 5.41. The van der Waals surface area contributed by atoms with Crippen molar-refractivity contribution in [1.82, 2.24) is 4.31 Å². The largest absolute Gasteiger partial charge is 0.495 e. The van der Waals surface area contributed by atoms with Crippen molar-refractivity contribution in [2.45, 2.75) is 24.7 Å². The Morgan fingerprint density at radius 2 is 1.95 bits per heavy atom. The van der Waals surface area contributed by atoms with Crippen molar-refractivity contribution in [3.05, 3.63) is 24.0 Å². The molecular formula is C13H18FNO3S. The molecule has 1 aliphatic rings. The number of nitrogens with zero attached hydrogens (tertiary/aromatic N) is 1. The summed E-state index contributed by atoms with van der Waals surface area (Å²) in [6.07, 6.45) is 1.66. The van der Waals surface area contributed by atoms with Crippen molar-refractivity contribution in [3.8, 4) is 5.75 Å². The second-order valence-electron chi connectivity index (χ2n) is 4.88. The predicted molar refractivity (Wildman–Crippen MR) is 70.1 cm³/mol. The lowest BCUT2D eigenvalue weighted by Crippen LogP contribution is -2.38. The number of ether oxygens (including phenoxy) is 1. The van der Waals surface area contributed by atoms with Crippen LogP contribution in [0.25, 0.3) is 0 Å². The molecule has 0 aliphatic carbocycles. The molecule has 0 bridgehead atoms. The fourth-order valence-corrected chi connectivity index (χ4v) is 3.85. The Balaban J connectivity index is 2.36. The Morgan fingerprint density at radius 3 is 2.53 bits per heavy atom. The first-order valence-electron chi connectivity index (χ1n) is 6.29. The van der Waals surface area contributed by atoms with E-state index in [0.29, 0.717) is 19.0 Å². The van der Waals surface area contributed by atoms with Crippen molar-refractivity contribution >= 4 is 10.0 Å². The van der Waals surface area contributed by atoms with Crippen molar-refractivity contribution in [1.29, 1.82) is 0 Å². The highest BCUT2D eigenvalue weighted by Gasteiger charge is 2.30. The topological polar surface area (TPSA) is 46.6 Å². The van der Waals surface area contributed by atoms with Gasteiger partial charge in [0.15, 0.2) is 0 Å². The van der Waals surface area contributed by atoms with Crippen LogP contribution in [0.2, 0.25) is 0 Å². The molecule has 0 amide bonds. The highest BCUT2D eigenvalue weighted by atomic mass is 32.2. The third kappa shape index (κ3) is 2.90. The van der Waals surface area contributed by atoms with Gasteiger partial charge in [0.05, 0.1) is 7.11 Å². The van der Waals surface area contributed by atoms with Crippen LogP contribution < -0.4 is 4.74 Å². The summed E-state index contributed by atoms with van der Waals surface area (Å²) < 4.78 is 44.7. The van der Waals surface area contributed by atoms with Gasteiger partial charge in [0.25, 0.3) is 0 Å². The van der Waals surface area contributed by atoms with Crippen LogP contribution in [-0.2, 0) is 10.0 Å². The van der Waals surface area contributed by atoms with Crippen LogP contribution in [0.15, 0.2) is 23.1 Å². The molecule has 0 radical (unpaired) electrons. The highest BCUT2D eigenvalue weighted by Crippen LogP contribution is 2.30. The van der Waals surface area contributed by atoms with E-state index < -0.39 is 15.8 Å². The van der Waals surface area contributed by atoms with E-state index in [9.17, 15) is 12.8 Å². The van der Waals surface area contributed by atoms with Crippen molar-refractivity contribution in [3.63, 3.8) is 0 Å². The lowest BCUT2D eigenvalue weighted by molar-refractivity contribution is 0.286. The van der Waals surface area contributed by atoms with E-state index >= 15 is 0 Å². The molecule has 2 rings (SSSR count). The van der Waals surface area contributed by atoms with Gasteiger partial charge in [-0.15, -0.1) is 0 Å². The maximum Gasteiger partial charge on any atom is 0.246 e. The lowest BCUT2D eigenvalue weighted by Gasteiger charge is -2.29.